The minimum absolute atomic E-state index is 0.756. The largest absolute Gasteiger partial charge is 0.481 e. The highest BCUT2D eigenvalue weighted by Crippen LogP contribution is 2.02. The summed E-state index contributed by atoms with van der Waals surface area (Å²) in [6.07, 6.45) is -7.75. The number of carbonyl (C=O) groups excluding carboxylic acids is 1. The lowest BCUT2D eigenvalue weighted by atomic mass is 10.1. The molecule has 0 amide bonds. The Kier molecular flexibility index (Phi) is 7.39. The second kappa shape index (κ2) is 7.95. The minimum atomic E-state index is -1.88. The molecule has 0 aromatic heterocycles. The van der Waals surface area contributed by atoms with E-state index >= 15 is 0 Å². The molecule has 0 aliphatic carbocycles. The van der Waals surface area contributed by atoms with Crippen LogP contribution in [0.4, 0.5) is 0 Å². The summed E-state index contributed by atoms with van der Waals surface area (Å²) in [6.45, 7) is -1.55. The van der Waals surface area contributed by atoms with E-state index in [2.05, 4.69) is 4.74 Å². The molecule has 0 fully saturated rings. The Morgan fingerprint density at radius 3 is 2.06 bits per heavy atom. The van der Waals surface area contributed by atoms with Crippen LogP contribution in [0.25, 0.3) is 0 Å². The third kappa shape index (κ3) is 5.89. The number of hydrogen-bond acceptors (Lipinski definition) is 8. The lowest BCUT2D eigenvalue weighted by molar-refractivity contribution is -0.164. The predicted octanol–water partition coefficient (Wildman–Crippen LogP) is -3.56. The standard InChI is InChI=1S/C9H16O9/c10-2-5(12)8(16)6(13)3-18-9(17)4(11)1-7(14)15/h4-6,8,10-13,16H,1-3H2,(H,14,15). The Bertz CT molecular complexity index is 279. The van der Waals surface area contributed by atoms with Crippen LogP contribution in [0.1, 0.15) is 6.42 Å². The van der Waals surface area contributed by atoms with Gasteiger partial charge in [0.05, 0.1) is 13.0 Å². The van der Waals surface area contributed by atoms with Gasteiger partial charge in [-0.25, -0.2) is 4.79 Å². The topological polar surface area (TPSA) is 165 Å². The molecule has 0 aromatic rings. The molecule has 9 heteroatoms. The van der Waals surface area contributed by atoms with E-state index in [-0.39, 0.29) is 0 Å². The van der Waals surface area contributed by atoms with Crippen molar-refractivity contribution < 1.29 is 45.0 Å². The highest BCUT2D eigenvalue weighted by atomic mass is 16.6. The fourth-order valence-corrected chi connectivity index (χ4v) is 0.975. The Morgan fingerprint density at radius 1 is 1.06 bits per heavy atom. The van der Waals surface area contributed by atoms with Crippen LogP contribution in [0.15, 0.2) is 0 Å². The minimum Gasteiger partial charge on any atom is -0.481 e. The van der Waals surface area contributed by atoms with Gasteiger partial charge in [0.25, 0.3) is 0 Å². The van der Waals surface area contributed by atoms with Crippen molar-refractivity contribution in [2.45, 2.75) is 30.8 Å². The number of rotatable bonds is 8. The SMILES string of the molecule is O=C(O)CC(O)C(=O)OCC(O)C(O)C(O)CO. The van der Waals surface area contributed by atoms with Crippen molar-refractivity contribution in [2.24, 2.45) is 0 Å². The van der Waals surface area contributed by atoms with Gasteiger partial charge >= 0.3 is 11.9 Å². The maximum Gasteiger partial charge on any atom is 0.335 e. The number of aliphatic hydroxyl groups is 5. The molecule has 0 aromatic carbocycles. The first-order chi connectivity index (χ1) is 8.29. The van der Waals surface area contributed by atoms with Crippen LogP contribution in [0, 0.1) is 0 Å². The van der Waals surface area contributed by atoms with E-state index in [1.54, 1.807) is 0 Å². The summed E-state index contributed by atoms with van der Waals surface area (Å²) in [6, 6.07) is 0. The predicted molar refractivity (Wildman–Crippen MR) is 54.3 cm³/mol. The molecule has 6 N–H and O–H groups in total. The number of carboxylic acids is 1. The van der Waals surface area contributed by atoms with Crippen molar-refractivity contribution in [3.63, 3.8) is 0 Å². The summed E-state index contributed by atoms with van der Waals surface area (Å²) in [4.78, 5) is 21.2. The van der Waals surface area contributed by atoms with Gasteiger partial charge in [-0.2, -0.15) is 0 Å². The first kappa shape index (κ1) is 16.7. The van der Waals surface area contributed by atoms with Crippen LogP contribution in [-0.2, 0) is 14.3 Å². The van der Waals surface area contributed by atoms with Crippen molar-refractivity contribution in [2.75, 3.05) is 13.2 Å². The molecule has 9 nitrogen and oxygen atoms in total. The summed E-state index contributed by atoms with van der Waals surface area (Å²) >= 11 is 0. The lowest BCUT2D eigenvalue weighted by Gasteiger charge is -2.21. The molecule has 106 valence electrons. The van der Waals surface area contributed by atoms with E-state index in [1.165, 1.54) is 0 Å². The number of esters is 1. The van der Waals surface area contributed by atoms with Crippen LogP contribution in [0.5, 0.6) is 0 Å². The zero-order chi connectivity index (χ0) is 14.3. The smallest absolute Gasteiger partial charge is 0.335 e. The molecule has 0 aliphatic rings. The quantitative estimate of drug-likeness (QED) is 0.244. The highest BCUT2D eigenvalue weighted by Gasteiger charge is 2.27. The molecule has 0 rings (SSSR count). The second-order valence-corrected chi connectivity index (χ2v) is 3.55. The molecule has 0 bridgehead atoms. The Hall–Kier alpha value is -1.26. The van der Waals surface area contributed by atoms with E-state index in [9.17, 15) is 19.8 Å². The Morgan fingerprint density at radius 2 is 1.61 bits per heavy atom. The fraction of sp³-hybridized carbons (Fsp3) is 0.778. The van der Waals surface area contributed by atoms with Gasteiger partial charge < -0.3 is 35.4 Å². The molecule has 0 heterocycles. The van der Waals surface area contributed by atoms with E-state index in [0.717, 1.165) is 0 Å². The monoisotopic (exact) mass is 268 g/mol. The number of hydrogen-bond donors (Lipinski definition) is 6. The van der Waals surface area contributed by atoms with Gasteiger partial charge in [-0.3, -0.25) is 4.79 Å². The van der Waals surface area contributed by atoms with Crippen LogP contribution < -0.4 is 0 Å². The van der Waals surface area contributed by atoms with Crippen LogP contribution in [0.3, 0.4) is 0 Å². The molecule has 0 spiro atoms. The first-order valence-corrected chi connectivity index (χ1v) is 5.01. The average molecular weight is 268 g/mol. The summed E-state index contributed by atoms with van der Waals surface area (Å²) in [7, 11) is 0. The van der Waals surface area contributed by atoms with Crippen molar-refractivity contribution in [3.8, 4) is 0 Å². The summed E-state index contributed by atoms with van der Waals surface area (Å²) < 4.78 is 4.33. The van der Waals surface area contributed by atoms with Crippen molar-refractivity contribution >= 4 is 11.9 Å². The van der Waals surface area contributed by atoms with Crippen molar-refractivity contribution in [1.82, 2.24) is 0 Å². The zero-order valence-electron chi connectivity index (χ0n) is 9.34. The van der Waals surface area contributed by atoms with Gasteiger partial charge in [-0.1, -0.05) is 0 Å². The second-order valence-electron chi connectivity index (χ2n) is 3.55. The third-order valence-corrected chi connectivity index (χ3v) is 2.01. The van der Waals surface area contributed by atoms with Gasteiger partial charge in [0.1, 0.15) is 24.9 Å². The number of aliphatic carboxylic acids is 1. The number of aliphatic hydroxyl groups excluding tert-OH is 5. The third-order valence-electron chi connectivity index (χ3n) is 2.01. The normalized spacial score (nSPS) is 17.6. The molecule has 0 aliphatic heterocycles. The molecule has 0 radical (unpaired) electrons. The molecular formula is C9H16O9. The van der Waals surface area contributed by atoms with Crippen molar-refractivity contribution in [3.05, 3.63) is 0 Å². The van der Waals surface area contributed by atoms with E-state index < -0.39 is 56.0 Å². The van der Waals surface area contributed by atoms with Crippen molar-refractivity contribution in [1.29, 1.82) is 0 Å². The zero-order valence-corrected chi connectivity index (χ0v) is 9.34. The van der Waals surface area contributed by atoms with E-state index in [0.29, 0.717) is 0 Å². The van der Waals surface area contributed by atoms with Gasteiger partial charge in [0.2, 0.25) is 0 Å². The average Bonchev–Trinajstić information content (AvgIpc) is 2.32. The number of carboxylic acid groups (broad SMARTS) is 1. The van der Waals surface area contributed by atoms with Gasteiger partial charge in [-0.15, -0.1) is 0 Å². The summed E-state index contributed by atoms with van der Waals surface area (Å²) in [5, 5.41) is 53.1. The number of ether oxygens (including phenoxy) is 1. The van der Waals surface area contributed by atoms with Crippen LogP contribution >= 0.6 is 0 Å². The van der Waals surface area contributed by atoms with E-state index in [4.69, 9.17) is 20.4 Å². The van der Waals surface area contributed by atoms with Gasteiger partial charge in [-0.05, 0) is 0 Å². The van der Waals surface area contributed by atoms with Gasteiger partial charge in [0, 0.05) is 0 Å². The fourth-order valence-electron chi connectivity index (χ4n) is 0.975. The first-order valence-electron chi connectivity index (χ1n) is 5.01. The Labute approximate surface area is 102 Å². The molecule has 0 saturated carbocycles. The molecular weight excluding hydrogens is 252 g/mol. The number of carbonyl (C=O) groups is 2. The van der Waals surface area contributed by atoms with Crippen LogP contribution in [-0.4, -0.2) is 80.2 Å². The molecule has 4 unspecified atom stereocenters. The molecule has 4 atom stereocenters. The maximum absolute atomic E-state index is 11.0. The van der Waals surface area contributed by atoms with E-state index in [1.807, 2.05) is 0 Å². The summed E-state index contributed by atoms with van der Waals surface area (Å²) in [5.41, 5.74) is 0. The van der Waals surface area contributed by atoms with Gasteiger partial charge in [0.15, 0.2) is 6.10 Å². The molecule has 18 heavy (non-hydrogen) atoms. The lowest BCUT2D eigenvalue weighted by Crippen LogP contribution is -2.42. The summed E-state index contributed by atoms with van der Waals surface area (Å²) in [5.74, 6) is -2.68. The molecule has 0 saturated heterocycles. The maximum atomic E-state index is 11.0. The Balaban J connectivity index is 4.08. The van der Waals surface area contributed by atoms with Crippen LogP contribution in [0.2, 0.25) is 0 Å². The highest BCUT2D eigenvalue weighted by molar-refractivity contribution is 5.80.